The van der Waals surface area contributed by atoms with Gasteiger partial charge in [-0.15, -0.1) is 0 Å². The van der Waals surface area contributed by atoms with Gasteiger partial charge in [0.05, 0.1) is 0 Å². The van der Waals surface area contributed by atoms with E-state index >= 15 is 0 Å². The summed E-state index contributed by atoms with van der Waals surface area (Å²) in [4.78, 5) is 11.5. The zero-order valence-electron chi connectivity index (χ0n) is 21.7. The lowest BCUT2D eigenvalue weighted by Gasteiger charge is -2.12. The maximum atomic E-state index is 12.5. The molecule has 3 nitrogen and oxygen atoms in total. The van der Waals surface area contributed by atoms with Crippen molar-refractivity contribution in [3.05, 3.63) is 106 Å². The summed E-state index contributed by atoms with van der Waals surface area (Å²) in [7, 11) is 0. The molecule has 0 radical (unpaired) electrons. The molecule has 2 aromatic carbocycles. The number of carbonyl (C=O) groups excluding carboxylic acids is 1. The Kier molecular flexibility index (Phi) is 13.4. The van der Waals surface area contributed by atoms with E-state index in [1.807, 2.05) is 31.2 Å². The molecule has 0 aromatic heterocycles. The van der Waals surface area contributed by atoms with Gasteiger partial charge in [0.25, 0.3) is 5.91 Å². The number of rotatable bonds is 4. The van der Waals surface area contributed by atoms with E-state index in [1.165, 1.54) is 56.8 Å². The lowest BCUT2D eigenvalue weighted by atomic mass is 9.94. The molecule has 0 aliphatic heterocycles. The normalized spacial score (nSPS) is 15.0. The molecule has 2 aliphatic rings. The number of nitrogens with one attached hydrogen (secondary N) is 1. The second-order valence-electron chi connectivity index (χ2n) is 9.22. The first-order chi connectivity index (χ1) is 17.4. The fourth-order valence-electron chi connectivity index (χ4n) is 4.04. The van der Waals surface area contributed by atoms with Gasteiger partial charge in [-0.1, -0.05) is 54.8 Å². The number of carbonyl (C=O) groups is 1. The van der Waals surface area contributed by atoms with Gasteiger partial charge in [-0.2, -0.15) is 0 Å². The van der Waals surface area contributed by atoms with E-state index in [4.69, 9.17) is 5.73 Å². The average molecular weight is 495 g/mol. The summed E-state index contributed by atoms with van der Waals surface area (Å²) in [5, 5.41) is 2.81. The molecular formula is C31H40F2N2O. The van der Waals surface area contributed by atoms with E-state index in [1.54, 1.807) is 18.1 Å². The molecule has 0 spiro atoms. The van der Waals surface area contributed by atoms with Gasteiger partial charge in [0, 0.05) is 18.5 Å². The summed E-state index contributed by atoms with van der Waals surface area (Å²) in [6.45, 7) is 4.88. The Morgan fingerprint density at radius 1 is 0.917 bits per heavy atom. The van der Waals surface area contributed by atoms with Crippen molar-refractivity contribution in [2.45, 2.75) is 65.2 Å². The molecule has 0 atom stereocenters. The van der Waals surface area contributed by atoms with E-state index in [0.29, 0.717) is 24.2 Å². The summed E-state index contributed by atoms with van der Waals surface area (Å²) < 4.78 is 24.9. The highest BCUT2D eigenvalue weighted by Gasteiger charge is 2.05. The van der Waals surface area contributed by atoms with Crippen molar-refractivity contribution < 1.29 is 13.6 Å². The summed E-state index contributed by atoms with van der Waals surface area (Å²) >= 11 is 0. The van der Waals surface area contributed by atoms with E-state index in [0.717, 1.165) is 12.0 Å². The zero-order chi connectivity index (χ0) is 26.2. The molecule has 2 aliphatic carbocycles. The topological polar surface area (TPSA) is 55.1 Å². The highest BCUT2D eigenvalue weighted by Crippen LogP contribution is 2.19. The third-order valence-electron chi connectivity index (χ3n) is 5.95. The minimum absolute atomic E-state index is 0.0258. The largest absolute Gasteiger partial charge is 0.352 e. The third kappa shape index (κ3) is 11.6. The highest BCUT2D eigenvalue weighted by molar-refractivity contribution is 5.94. The molecule has 194 valence electrons. The van der Waals surface area contributed by atoms with Gasteiger partial charge >= 0.3 is 0 Å². The number of fused-ring (bicyclic) bond motifs is 1. The number of nitrogens with two attached hydrogens (primary N) is 1. The van der Waals surface area contributed by atoms with Crippen molar-refractivity contribution in [2.75, 3.05) is 13.1 Å². The summed E-state index contributed by atoms with van der Waals surface area (Å²) in [6.07, 6.45) is 13.0. The SMILES string of the molecule is CC1=CC(F)=CCC(F)=C1.Cc1cccc(C(=O)NCCCN)c1.c1ccc2c(c1)CCCCCC2. The first-order valence-electron chi connectivity index (χ1n) is 12.9. The number of amides is 1. The summed E-state index contributed by atoms with van der Waals surface area (Å²) in [5.41, 5.74) is 10.9. The number of benzene rings is 2. The van der Waals surface area contributed by atoms with Crippen LogP contribution in [0.4, 0.5) is 8.78 Å². The minimum atomic E-state index is -0.360. The lowest BCUT2D eigenvalue weighted by molar-refractivity contribution is 0.0953. The number of allylic oxidation sites excluding steroid dienone is 6. The number of halogens is 2. The molecule has 1 amide bonds. The molecular weight excluding hydrogens is 454 g/mol. The zero-order valence-corrected chi connectivity index (χ0v) is 21.7. The van der Waals surface area contributed by atoms with Gasteiger partial charge < -0.3 is 11.1 Å². The van der Waals surface area contributed by atoms with Crippen molar-refractivity contribution in [1.82, 2.24) is 5.32 Å². The number of aryl methyl sites for hydroxylation is 3. The van der Waals surface area contributed by atoms with E-state index in [2.05, 4.69) is 29.6 Å². The fraction of sp³-hybridized carbons (Fsp3) is 0.387. The smallest absolute Gasteiger partial charge is 0.251 e. The summed E-state index contributed by atoms with van der Waals surface area (Å²) in [6, 6.07) is 16.5. The molecule has 5 heteroatoms. The van der Waals surface area contributed by atoms with E-state index in [9.17, 15) is 13.6 Å². The van der Waals surface area contributed by atoms with Crippen LogP contribution in [0, 0.1) is 6.92 Å². The third-order valence-corrected chi connectivity index (χ3v) is 5.95. The van der Waals surface area contributed by atoms with Crippen LogP contribution in [0.5, 0.6) is 0 Å². The standard InChI is InChI=1S/C12H16.C11H16N2O.C8H8F2/c1-2-4-8-12-10-6-5-9-11(12)7-3-1;1-9-4-2-5-10(8-9)11(14)13-7-3-6-12;1-6-4-7(9)2-3-8(10)5-6/h5-6,9-10H,1-4,7-8H2;2,4-5,8H,3,6-7,12H2,1H3,(H,13,14);2,4-5H,3H2,1H3. The lowest BCUT2D eigenvalue weighted by Crippen LogP contribution is -2.25. The molecule has 2 aromatic rings. The van der Waals surface area contributed by atoms with Gasteiger partial charge in [-0.3, -0.25) is 4.79 Å². The van der Waals surface area contributed by atoms with Crippen LogP contribution in [-0.2, 0) is 12.8 Å². The van der Waals surface area contributed by atoms with Crippen LogP contribution < -0.4 is 11.1 Å². The van der Waals surface area contributed by atoms with Gasteiger partial charge in [-0.25, -0.2) is 8.78 Å². The van der Waals surface area contributed by atoms with Crippen molar-refractivity contribution in [2.24, 2.45) is 5.73 Å². The predicted octanol–water partition coefficient (Wildman–Crippen LogP) is 7.46. The first-order valence-corrected chi connectivity index (χ1v) is 12.9. The molecule has 0 bridgehead atoms. The first kappa shape index (κ1) is 29.2. The van der Waals surface area contributed by atoms with Crippen LogP contribution in [0.3, 0.4) is 0 Å². The van der Waals surface area contributed by atoms with Crippen LogP contribution in [0.25, 0.3) is 0 Å². The van der Waals surface area contributed by atoms with Crippen molar-refractivity contribution in [3.63, 3.8) is 0 Å². The second-order valence-corrected chi connectivity index (χ2v) is 9.22. The Labute approximate surface area is 215 Å². The quantitative estimate of drug-likeness (QED) is 0.433. The van der Waals surface area contributed by atoms with Crippen LogP contribution in [0.2, 0.25) is 0 Å². The fourth-order valence-corrected chi connectivity index (χ4v) is 4.04. The second kappa shape index (κ2) is 16.6. The van der Waals surface area contributed by atoms with Gasteiger partial charge in [0.1, 0.15) is 11.7 Å². The van der Waals surface area contributed by atoms with Crippen LogP contribution >= 0.6 is 0 Å². The highest BCUT2D eigenvalue weighted by atomic mass is 19.1. The average Bonchev–Trinajstić information content (AvgIpc) is 2.99. The Morgan fingerprint density at radius 2 is 1.58 bits per heavy atom. The minimum Gasteiger partial charge on any atom is -0.352 e. The Balaban J connectivity index is 0.000000193. The van der Waals surface area contributed by atoms with Crippen molar-refractivity contribution >= 4 is 5.91 Å². The Bertz CT molecular complexity index is 1030. The molecule has 0 heterocycles. The molecule has 0 unspecified atom stereocenters. The van der Waals surface area contributed by atoms with Crippen LogP contribution in [0.1, 0.15) is 72.5 Å². The predicted molar refractivity (Wildman–Crippen MR) is 146 cm³/mol. The van der Waals surface area contributed by atoms with Crippen molar-refractivity contribution in [1.29, 1.82) is 0 Å². The monoisotopic (exact) mass is 494 g/mol. The molecule has 3 N–H and O–H groups in total. The molecule has 4 rings (SSSR count). The van der Waals surface area contributed by atoms with Gasteiger partial charge in [0.2, 0.25) is 0 Å². The molecule has 36 heavy (non-hydrogen) atoms. The Morgan fingerprint density at radius 3 is 2.19 bits per heavy atom. The van der Waals surface area contributed by atoms with Crippen LogP contribution in [0.15, 0.2) is 84.0 Å². The summed E-state index contributed by atoms with van der Waals surface area (Å²) in [5.74, 6) is -0.676. The molecule has 0 fully saturated rings. The van der Waals surface area contributed by atoms with E-state index < -0.39 is 0 Å². The van der Waals surface area contributed by atoms with Gasteiger partial charge in [-0.05, 0) is 99.6 Å². The molecule has 0 saturated heterocycles. The number of hydrogen-bond donors (Lipinski definition) is 2. The van der Waals surface area contributed by atoms with E-state index in [-0.39, 0.29) is 24.0 Å². The Hall–Kier alpha value is -3.05. The maximum Gasteiger partial charge on any atom is 0.251 e. The maximum absolute atomic E-state index is 12.5. The van der Waals surface area contributed by atoms with Crippen molar-refractivity contribution in [3.8, 4) is 0 Å². The number of hydrogen-bond acceptors (Lipinski definition) is 2. The van der Waals surface area contributed by atoms with Crippen LogP contribution in [-0.4, -0.2) is 19.0 Å². The van der Waals surface area contributed by atoms with Gasteiger partial charge in [0.15, 0.2) is 0 Å². The molecule has 0 saturated carbocycles.